The third-order valence-corrected chi connectivity index (χ3v) is 4.58. The smallest absolute Gasteiger partial charge is 0.128 e. The molecule has 0 radical (unpaired) electrons. The summed E-state index contributed by atoms with van der Waals surface area (Å²) in [6.07, 6.45) is 0. The van der Waals surface area contributed by atoms with Gasteiger partial charge in [-0.2, -0.15) is 5.26 Å². The molecule has 0 unspecified atom stereocenters. The van der Waals surface area contributed by atoms with Gasteiger partial charge in [-0.1, -0.05) is 30.0 Å². The number of thioether (sulfide) groups is 1. The SMILES string of the molecule is COc1ccc(NC2=C(C#N)C(=Nc3ccccc3)SC=C(C)N2)cc1. The number of benzene rings is 2. The van der Waals surface area contributed by atoms with E-state index in [0.717, 1.165) is 22.8 Å². The molecule has 0 amide bonds. The summed E-state index contributed by atoms with van der Waals surface area (Å²) in [5.41, 5.74) is 3.04. The minimum atomic E-state index is 0.461. The van der Waals surface area contributed by atoms with Gasteiger partial charge in [0.05, 0.1) is 12.8 Å². The quantitative estimate of drug-likeness (QED) is 0.820. The maximum absolute atomic E-state index is 9.76. The van der Waals surface area contributed by atoms with Crippen LogP contribution in [0.5, 0.6) is 5.75 Å². The number of allylic oxidation sites excluding steroid dienone is 1. The monoisotopic (exact) mass is 362 g/mol. The Hall–Kier alpha value is -3.17. The van der Waals surface area contributed by atoms with E-state index in [1.54, 1.807) is 7.11 Å². The van der Waals surface area contributed by atoms with Gasteiger partial charge >= 0.3 is 0 Å². The highest BCUT2D eigenvalue weighted by molar-refractivity contribution is 8.17. The molecule has 5 nitrogen and oxygen atoms in total. The van der Waals surface area contributed by atoms with Crippen LogP contribution >= 0.6 is 11.8 Å². The first-order valence-corrected chi connectivity index (χ1v) is 8.87. The van der Waals surface area contributed by atoms with Crippen molar-refractivity contribution in [1.82, 2.24) is 5.32 Å². The van der Waals surface area contributed by atoms with E-state index in [1.165, 1.54) is 11.8 Å². The molecule has 1 aliphatic heterocycles. The first-order chi connectivity index (χ1) is 12.7. The number of hydrogen-bond donors (Lipinski definition) is 2. The average molecular weight is 362 g/mol. The van der Waals surface area contributed by atoms with E-state index in [4.69, 9.17) is 4.74 Å². The Kier molecular flexibility index (Phi) is 5.62. The van der Waals surface area contributed by atoms with Gasteiger partial charge < -0.3 is 15.4 Å². The second-order valence-corrected chi connectivity index (χ2v) is 6.37. The van der Waals surface area contributed by atoms with E-state index in [9.17, 15) is 5.26 Å². The normalized spacial score (nSPS) is 15.6. The van der Waals surface area contributed by atoms with Gasteiger partial charge in [-0.15, -0.1) is 0 Å². The molecule has 0 aliphatic carbocycles. The summed E-state index contributed by atoms with van der Waals surface area (Å²) in [5, 5.41) is 18.9. The molecule has 0 saturated heterocycles. The van der Waals surface area contributed by atoms with E-state index < -0.39 is 0 Å². The second kappa shape index (κ2) is 8.28. The van der Waals surface area contributed by atoms with Crippen molar-refractivity contribution >= 4 is 28.2 Å². The third kappa shape index (κ3) is 4.26. The Morgan fingerprint density at radius 1 is 1.12 bits per heavy atom. The van der Waals surface area contributed by atoms with Crippen LogP contribution in [-0.4, -0.2) is 12.2 Å². The van der Waals surface area contributed by atoms with Crippen molar-refractivity contribution < 1.29 is 4.74 Å². The van der Waals surface area contributed by atoms with Crippen LogP contribution < -0.4 is 15.4 Å². The van der Waals surface area contributed by atoms with Crippen LogP contribution in [0.4, 0.5) is 11.4 Å². The van der Waals surface area contributed by atoms with E-state index in [0.29, 0.717) is 16.4 Å². The van der Waals surface area contributed by atoms with Crippen LogP contribution in [0.2, 0.25) is 0 Å². The zero-order chi connectivity index (χ0) is 18.4. The van der Waals surface area contributed by atoms with Crippen molar-refractivity contribution in [3.63, 3.8) is 0 Å². The molecule has 0 saturated carbocycles. The molecule has 0 aromatic heterocycles. The predicted molar refractivity (Wildman–Crippen MR) is 107 cm³/mol. The van der Waals surface area contributed by atoms with Crippen molar-refractivity contribution in [3.8, 4) is 11.8 Å². The largest absolute Gasteiger partial charge is 0.497 e. The predicted octanol–water partition coefficient (Wildman–Crippen LogP) is 4.77. The van der Waals surface area contributed by atoms with Gasteiger partial charge in [-0.3, -0.25) is 0 Å². The average Bonchev–Trinajstić information content (AvgIpc) is 2.81. The van der Waals surface area contributed by atoms with Gasteiger partial charge in [0.15, 0.2) is 0 Å². The number of methoxy groups -OCH3 is 1. The lowest BCUT2D eigenvalue weighted by molar-refractivity contribution is 0.415. The zero-order valence-corrected chi connectivity index (χ0v) is 15.3. The number of ether oxygens (including phenoxy) is 1. The highest BCUT2D eigenvalue weighted by Gasteiger charge is 2.18. The topological polar surface area (TPSA) is 69.4 Å². The minimum Gasteiger partial charge on any atom is -0.497 e. The van der Waals surface area contributed by atoms with Crippen molar-refractivity contribution in [2.24, 2.45) is 4.99 Å². The number of rotatable bonds is 4. The number of hydrogen-bond acceptors (Lipinski definition) is 6. The van der Waals surface area contributed by atoms with Gasteiger partial charge in [-0.25, -0.2) is 4.99 Å². The fraction of sp³-hybridized carbons (Fsp3) is 0.100. The summed E-state index contributed by atoms with van der Waals surface area (Å²) < 4.78 is 5.18. The lowest BCUT2D eigenvalue weighted by Crippen LogP contribution is -2.20. The summed E-state index contributed by atoms with van der Waals surface area (Å²) in [4.78, 5) is 4.64. The number of nitrogens with one attached hydrogen (secondary N) is 2. The van der Waals surface area contributed by atoms with Crippen LogP contribution in [0.15, 0.2) is 82.1 Å². The lowest BCUT2D eigenvalue weighted by atomic mass is 10.2. The van der Waals surface area contributed by atoms with Crippen molar-refractivity contribution in [1.29, 1.82) is 5.26 Å². The standard InChI is InChI=1S/C20H18N4OS/c1-14-13-26-20(24-15-6-4-3-5-7-15)18(12-21)19(22-14)23-16-8-10-17(25-2)11-9-16/h3-11,13,22-23H,1-2H3. The van der Waals surface area contributed by atoms with Crippen LogP contribution in [0.25, 0.3) is 0 Å². The molecular formula is C20H18N4OS. The summed E-state index contributed by atoms with van der Waals surface area (Å²) in [6, 6.07) is 19.4. The molecule has 0 fully saturated rings. The number of para-hydroxylation sites is 1. The van der Waals surface area contributed by atoms with Gasteiger partial charge in [0.1, 0.15) is 28.3 Å². The molecule has 0 atom stereocenters. The molecule has 0 bridgehead atoms. The molecule has 6 heteroatoms. The molecule has 130 valence electrons. The molecule has 2 N–H and O–H groups in total. The molecular weight excluding hydrogens is 344 g/mol. The fourth-order valence-electron chi connectivity index (χ4n) is 2.32. The summed E-state index contributed by atoms with van der Waals surface area (Å²) in [7, 11) is 1.63. The molecule has 2 aromatic carbocycles. The Balaban J connectivity index is 1.99. The van der Waals surface area contributed by atoms with E-state index in [2.05, 4.69) is 21.7 Å². The lowest BCUT2D eigenvalue weighted by Gasteiger charge is -2.14. The number of nitriles is 1. The summed E-state index contributed by atoms with van der Waals surface area (Å²) in [6.45, 7) is 1.95. The van der Waals surface area contributed by atoms with Crippen molar-refractivity contribution in [3.05, 3.63) is 77.1 Å². The molecule has 1 aliphatic rings. The van der Waals surface area contributed by atoms with Crippen molar-refractivity contribution in [2.45, 2.75) is 6.92 Å². The first-order valence-electron chi connectivity index (χ1n) is 7.99. The highest BCUT2D eigenvalue weighted by atomic mass is 32.2. The van der Waals surface area contributed by atoms with E-state index in [-0.39, 0.29) is 0 Å². The number of anilines is 1. The second-order valence-electron chi connectivity index (χ2n) is 5.51. The van der Waals surface area contributed by atoms with Gasteiger partial charge in [0.25, 0.3) is 0 Å². The van der Waals surface area contributed by atoms with Crippen LogP contribution in [0.1, 0.15) is 6.92 Å². The Bertz CT molecular complexity index is 909. The number of aliphatic imine (C=N–C) groups is 1. The molecule has 0 spiro atoms. The summed E-state index contributed by atoms with van der Waals surface area (Å²) in [5.74, 6) is 1.38. The Morgan fingerprint density at radius 2 is 1.85 bits per heavy atom. The maximum Gasteiger partial charge on any atom is 0.128 e. The molecule has 3 rings (SSSR count). The van der Waals surface area contributed by atoms with Crippen LogP contribution in [0.3, 0.4) is 0 Å². The zero-order valence-electron chi connectivity index (χ0n) is 14.5. The number of nitrogens with zero attached hydrogens (tertiary/aromatic N) is 2. The third-order valence-electron chi connectivity index (χ3n) is 3.59. The minimum absolute atomic E-state index is 0.461. The first kappa shape index (κ1) is 17.6. The molecule has 2 aromatic rings. The van der Waals surface area contributed by atoms with Gasteiger partial charge in [-0.05, 0) is 48.7 Å². The Morgan fingerprint density at radius 3 is 2.50 bits per heavy atom. The van der Waals surface area contributed by atoms with E-state index in [1.807, 2.05) is 66.9 Å². The Labute approximate surface area is 157 Å². The van der Waals surface area contributed by atoms with Gasteiger partial charge in [0.2, 0.25) is 0 Å². The van der Waals surface area contributed by atoms with E-state index >= 15 is 0 Å². The summed E-state index contributed by atoms with van der Waals surface area (Å²) >= 11 is 1.43. The van der Waals surface area contributed by atoms with Crippen LogP contribution in [-0.2, 0) is 0 Å². The molecule has 26 heavy (non-hydrogen) atoms. The van der Waals surface area contributed by atoms with Gasteiger partial charge in [0, 0.05) is 11.4 Å². The fourth-order valence-corrected chi connectivity index (χ4v) is 3.09. The molecule has 1 heterocycles. The van der Waals surface area contributed by atoms with Crippen molar-refractivity contribution in [2.75, 3.05) is 12.4 Å². The highest BCUT2D eigenvalue weighted by Crippen LogP contribution is 2.26. The van der Waals surface area contributed by atoms with Crippen LogP contribution in [0, 0.1) is 11.3 Å². The maximum atomic E-state index is 9.76.